The largest absolute Gasteiger partial charge is 0.339 e. The lowest BCUT2D eigenvalue weighted by Gasteiger charge is -2.25. The summed E-state index contributed by atoms with van der Waals surface area (Å²) in [7, 11) is 1.73. The van der Waals surface area contributed by atoms with Crippen LogP contribution in [-0.2, 0) is 11.2 Å². The Labute approximate surface area is 157 Å². The Balaban J connectivity index is 1.81. The second-order valence-corrected chi connectivity index (χ2v) is 6.87. The number of thiophene rings is 1. The van der Waals surface area contributed by atoms with Crippen molar-refractivity contribution in [1.82, 2.24) is 5.32 Å². The zero-order valence-electron chi connectivity index (χ0n) is 14.5. The molecule has 1 N–H and O–H groups in total. The maximum absolute atomic E-state index is 13.1. The van der Waals surface area contributed by atoms with Gasteiger partial charge in [-0.05, 0) is 29.1 Å². The number of anilines is 1. The number of nitrogens with one attached hydrogen (secondary N) is 1. The first-order valence-corrected chi connectivity index (χ1v) is 9.24. The molecular weight excluding hydrogens is 344 g/mol. The molecule has 4 nitrogen and oxygen atoms in total. The van der Waals surface area contributed by atoms with E-state index in [0.29, 0.717) is 11.3 Å². The number of likely N-dealkylation sites (N-methyl/N-ethyl adjacent to an activating group) is 1. The number of carbonyl (C=O) groups is 2. The van der Waals surface area contributed by atoms with Crippen molar-refractivity contribution in [2.45, 2.75) is 12.5 Å². The zero-order valence-corrected chi connectivity index (χ0v) is 15.3. The molecule has 0 radical (unpaired) electrons. The van der Waals surface area contributed by atoms with Crippen LogP contribution in [0, 0.1) is 0 Å². The smallest absolute Gasteiger partial charge is 0.262 e. The van der Waals surface area contributed by atoms with Crippen molar-refractivity contribution < 1.29 is 9.59 Å². The van der Waals surface area contributed by atoms with Gasteiger partial charge < -0.3 is 10.2 Å². The van der Waals surface area contributed by atoms with E-state index < -0.39 is 6.04 Å². The predicted molar refractivity (Wildman–Crippen MR) is 106 cm³/mol. The van der Waals surface area contributed by atoms with Crippen molar-refractivity contribution in [2.75, 3.05) is 11.9 Å². The molecule has 1 unspecified atom stereocenters. The van der Waals surface area contributed by atoms with Crippen molar-refractivity contribution >= 4 is 28.8 Å². The highest BCUT2D eigenvalue weighted by Gasteiger charge is 2.25. The molecule has 3 aromatic rings. The van der Waals surface area contributed by atoms with Crippen molar-refractivity contribution in [1.29, 1.82) is 0 Å². The SMILES string of the molecule is CN(C(=O)C(Cc1ccccc1)NC(=O)c1cccs1)c1ccccc1. The van der Waals surface area contributed by atoms with Gasteiger partial charge in [0.1, 0.15) is 6.04 Å². The summed E-state index contributed by atoms with van der Waals surface area (Å²) in [4.78, 5) is 27.7. The molecule has 1 heterocycles. The molecule has 0 bridgehead atoms. The molecule has 0 aliphatic carbocycles. The second kappa shape index (κ2) is 8.45. The average molecular weight is 364 g/mol. The molecule has 0 saturated heterocycles. The number of hydrogen-bond acceptors (Lipinski definition) is 3. The van der Waals surface area contributed by atoms with Gasteiger partial charge in [-0.3, -0.25) is 9.59 Å². The standard InChI is InChI=1S/C21H20N2O2S/c1-23(17-11-6-3-7-12-17)21(25)18(15-16-9-4-2-5-10-16)22-20(24)19-13-8-14-26-19/h2-14,18H,15H2,1H3,(H,22,24). The van der Waals surface area contributed by atoms with E-state index in [-0.39, 0.29) is 11.8 Å². The van der Waals surface area contributed by atoms with E-state index in [0.717, 1.165) is 11.3 Å². The normalized spacial score (nSPS) is 11.6. The monoisotopic (exact) mass is 364 g/mol. The second-order valence-electron chi connectivity index (χ2n) is 5.93. The number of amides is 2. The van der Waals surface area contributed by atoms with E-state index in [1.54, 1.807) is 18.0 Å². The molecule has 0 aliphatic heterocycles. The summed E-state index contributed by atoms with van der Waals surface area (Å²) in [6.45, 7) is 0. The minimum atomic E-state index is -0.641. The predicted octanol–water partition coefficient (Wildman–Crippen LogP) is 3.75. The lowest BCUT2D eigenvalue weighted by atomic mass is 10.0. The fourth-order valence-electron chi connectivity index (χ4n) is 2.70. The van der Waals surface area contributed by atoms with E-state index >= 15 is 0 Å². The summed E-state index contributed by atoms with van der Waals surface area (Å²) in [6.07, 6.45) is 0.438. The molecular formula is C21H20N2O2S. The average Bonchev–Trinajstić information content (AvgIpc) is 3.23. The summed E-state index contributed by atoms with van der Waals surface area (Å²) in [5, 5.41) is 4.74. The van der Waals surface area contributed by atoms with Gasteiger partial charge in [0.2, 0.25) is 5.91 Å². The molecule has 1 aromatic heterocycles. The van der Waals surface area contributed by atoms with Gasteiger partial charge >= 0.3 is 0 Å². The number of benzene rings is 2. The van der Waals surface area contributed by atoms with Crippen molar-refractivity contribution in [2.24, 2.45) is 0 Å². The van der Waals surface area contributed by atoms with E-state index in [1.165, 1.54) is 11.3 Å². The Morgan fingerprint density at radius 2 is 1.62 bits per heavy atom. The van der Waals surface area contributed by atoms with Crippen LogP contribution < -0.4 is 10.2 Å². The molecule has 0 spiro atoms. The lowest BCUT2D eigenvalue weighted by molar-refractivity contribution is -0.120. The van der Waals surface area contributed by atoms with Crippen LogP contribution in [0.25, 0.3) is 0 Å². The number of rotatable bonds is 6. The van der Waals surface area contributed by atoms with E-state index in [2.05, 4.69) is 5.32 Å². The number of para-hydroxylation sites is 1. The number of hydrogen-bond donors (Lipinski definition) is 1. The molecule has 2 aromatic carbocycles. The number of nitrogens with zero attached hydrogens (tertiary/aromatic N) is 1. The van der Waals surface area contributed by atoms with Crippen LogP contribution >= 0.6 is 11.3 Å². The minimum absolute atomic E-state index is 0.148. The van der Waals surface area contributed by atoms with Crippen LogP contribution in [0.15, 0.2) is 78.2 Å². The Bertz CT molecular complexity index is 848. The fraction of sp³-hybridized carbons (Fsp3) is 0.143. The Morgan fingerprint density at radius 1 is 0.962 bits per heavy atom. The summed E-state index contributed by atoms with van der Waals surface area (Å²) < 4.78 is 0. The first-order chi connectivity index (χ1) is 12.6. The van der Waals surface area contributed by atoms with Crippen LogP contribution in [-0.4, -0.2) is 24.9 Å². The van der Waals surface area contributed by atoms with Gasteiger partial charge in [0.25, 0.3) is 5.91 Å². The zero-order chi connectivity index (χ0) is 18.4. The van der Waals surface area contributed by atoms with Crippen molar-refractivity contribution in [3.63, 3.8) is 0 Å². The van der Waals surface area contributed by atoms with Crippen molar-refractivity contribution in [3.05, 3.63) is 88.6 Å². The first kappa shape index (κ1) is 17.9. The van der Waals surface area contributed by atoms with E-state index in [4.69, 9.17) is 0 Å². The third-order valence-corrected chi connectivity index (χ3v) is 4.97. The molecule has 0 fully saturated rings. The van der Waals surface area contributed by atoms with Crippen molar-refractivity contribution in [3.8, 4) is 0 Å². The Morgan fingerprint density at radius 3 is 2.23 bits per heavy atom. The summed E-state index contributed by atoms with van der Waals surface area (Å²) in [6, 6.07) is 22.1. The highest BCUT2D eigenvalue weighted by atomic mass is 32.1. The van der Waals surface area contributed by atoms with Gasteiger partial charge in [-0.2, -0.15) is 0 Å². The summed E-state index contributed by atoms with van der Waals surface area (Å²) >= 11 is 1.36. The molecule has 3 rings (SSSR count). The van der Waals surface area contributed by atoms with Gasteiger partial charge in [0.05, 0.1) is 4.88 Å². The third-order valence-electron chi connectivity index (χ3n) is 4.11. The summed E-state index contributed by atoms with van der Waals surface area (Å²) in [5.74, 6) is -0.374. The molecule has 5 heteroatoms. The molecule has 26 heavy (non-hydrogen) atoms. The number of carbonyl (C=O) groups excluding carboxylic acids is 2. The molecule has 132 valence electrons. The van der Waals surface area contributed by atoms with Crippen LogP contribution in [0.1, 0.15) is 15.2 Å². The quantitative estimate of drug-likeness (QED) is 0.724. The van der Waals surface area contributed by atoms with Gasteiger partial charge in [-0.1, -0.05) is 54.6 Å². The van der Waals surface area contributed by atoms with E-state index in [1.807, 2.05) is 72.1 Å². The molecule has 0 aliphatic rings. The highest BCUT2D eigenvalue weighted by molar-refractivity contribution is 7.12. The third kappa shape index (κ3) is 4.37. The van der Waals surface area contributed by atoms with Gasteiger partial charge in [0, 0.05) is 19.2 Å². The highest BCUT2D eigenvalue weighted by Crippen LogP contribution is 2.15. The first-order valence-electron chi connectivity index (χ1n) is 8.36. The van der Waals surface area contributed by atoms with Gasteiger partial charge in [-0.15, -0.1) is 11.3 Å². The fourth-order valence-corrected chi connectivity index (χ4v) is 3.33. The van der Waals surface area contributed by atoms with Crippen LogP contribution in [0.2, 0.25) is 0 Å². The molecule has 0 saturated carbocycles. The van der Waals surface area contributed by atoms with Gasteiger partial charge in [-0.25, -0.2) is 0 Å². The molecule has 1 atom stereocenters. The lowest BCUT2D eigenvalue weighted by Crippen LogP contribution is -2.48. The minimum Gasteiger partial charge on any atom is -0.339 e. The van der Waals surface area contributed by atoms with Gasteiger partial charge in [0.15, 0.2) is 0 Å². The van der Waals surface area contributed by atoms with E-state index in [9.17, 15) is 9.59 Å². The van der Waals surface area contributed by atoms with Crippen LogP contribution in [0.3, 0.4) is 0 Å². The summed E-state index contributed by atoms with van der Waals surface area (Å²) in [5.41, 5.74) is 1.79. The maximum Gasteiger partial charge on any atom is 0.262 e. The van der Waals surface area contributed by atoms with Crippen LogP contribution in [0.5, 0.6) is 0 Å². The Hall–Kier alpha value is -2.92. The maximum atomic E-state index is 13.1. The molecule has 2 amide bonds. The Kier molecular flexibility index (Phi) is 5.81. The van der Waals surface area contributed by atoms with Crippen LogP contribution in [0.4, 0.5) is 5.69 Å². The topological polar surface area (TPSA) is 49.4 Å².